The second kappa shape index (κ2) is 78.4. The van der Waals surface area contributed by atoms with Gasteiger partial charge in [-0.2, -0.15) is 0 Å². The summed E-state index contributed by atoms with van der Waals surface area (Å²) in [6.45, 7) is 3.92. The highest BCUT2D eigenvalue weighted by Gasteiger charge is 2.22. The largest absolute Gasteiger partial charge is 0.756 e. The maximum atomic E-state index is 12.9. The van der Waals surface area contributed by atoms with E-state index in [0.29, 0.717) is 23.9 Å². The first-order valence-corrected chi connectivity index (χ1v) is 40.5. The zero-order valence-electron chi connectivity index (χ0n) is 64.4. The summed E-state index contributed by atoms with van der Waals surface area (Å²) in [5.74, 6) is -0.902. The SMILES string of the molecule is CC/C=C\C/C=C\C/C=C\C/C=C\C/C=C\C/C=C\C/C=C\C/C=C\C/C=C\C/C=C\C/C=C\C/C=C\CCCCCCC(=O)OC(COC(=O)CCCCCCCC/C=C\C/C=C\C/C=C\C/C=C\C/C=C\C/C=C\C/C=C\C/C=C\C/C=C\C/C=C\CC)COP(=O)([O-])OCC[N+](C)(C)C. The number of ether oxygens (including phenoxy) is 2. The highest BCUT2D eigenvalue weighted by atomic mass is 31.2. The smallest absolute Gasteiger partial charge is 0.306 e. The normalized spacial score (nSPS) is 14.5. The molecule has 0 saturated carbocycles. The van der Waals surface area contributed by atoms with E-state index in [1.165, 1.54) is 0 Å². The predicted octanol–water partition coefficient (Wildman–Crippen LogP) is 26.0. The number of allylic oxidation sites excluding steroid dienone is 44. The first kappa shape index (κ1) is 95.3. The van der Waals surface area contributed by atoms with Crippen molar-refractivity contribution in [2.24, 2.45) is 0 Å². The van der Waals surface area contributed by atoms with Crippen molar-refractivity contribution in [3.05, 3.63) is 267 Å². The van der Waals surface area contributed by atoms with E-state index in [2.05, 4.69) is 281 Å². The maximum Gasteiger partial charge on any atom is 0.306 e. The predicted molar refractivity (Wildman–Crippen MR) is 442 cm³/mol. The molecular formula is C92H140NO8P. The van der Waals surface area contributed by atoms with Crippen LogP contribution in [0.15, 0.2) is 267 Å². The van der Waals surface area contributed by atoms with E-state index in [-0.39, 0.29) is 26.1 Å². The third kappa shape index (κ3) is 82.2. The summed E-state index contributed by atoms with van der Waals surface area (Å²) in [6, 6.07) is 0. The summed E-state index contributed by atoms with van der Waals surface area (Å²) in [5.41, 5.74) is 0. The van der Waals surface area contributed by atoms with E-state index >= 15 is 0 Å². The number of hydrogen-bond acceptors (Lipinski definition) is 8. The lowest BCUT2D eigenvalue weighted by atomic mass is 10.1. The van der Waals surface area contributed by atoms with Gasteiger partial charge < -0.3 is 27.9 Å². The van der Waals surface area contributed by atoms with E-state index in [1.54, 1.807) is 0 Å². The quantitative estimate of drug-likeness (QED) is 0.0195. The fraction of sp³-hybridized carbons (Fsp3) is 0.500. The first-order valence-electron chi connectivity index (χ1n) is 39.0. The van der Waals surface area contributed by atoms with Crippen molar-refractivity contribution in [3.8, 4) is 0 Å². The Morgan fingerprint density at radius 1 is 0.304 bits per heavy atom. The third-order valence-corrected chi connectivity index (χ3v) is 16.2. The van der Waals surface area contributed by atoms with Gasteiger partial charge >= 0.3 is 11.9 Å². The molecule has 0 radical (unpaired) electrons. The first-order chi connectivity index (χ1) is 50.0. The van der Waals surface area contributed by atoms with Crippen LogP contribution in [0, 0.1) is 0 Å². The van der Waals surface area contributed by atoms with Crippen molar-refractivity contribution in [3.63, 3.8) is 0 Å². The van der Waals surface area contributed by atoms with Crippen LogP contribution >= 0.6 is 7.82 Å². The number of phosphoric ester groups is 1. The highest BCUT2D eigenvalue weighted by molar-refractivity contribution is 7.45. The Morgan fingerprint density at radius 2 is 0.529 bits per heavy atom. The summed E-state index contributed by atoms with van der Waals surface area (Å²) >= 11 is 0. The fourth-order valence-electron chi connectivity index (χ4n) is 9.37. The zero-order valence-corrected chi connectivity index (χ0v) is 65.3. The van der Waals surface area contributed by atoms with Gasteiger partial charge in [0.25, 0.3) is 7.82 Å². The molecule has 0 heterocycles. The standard InChI is InChI=1S/C92H140NO8P/c1-6-8-10-12-14-16-18-20-22-24-26-28-30-32-34-36-38-40-42-44-45-46-47-49-51-53-55-57-59-61-63-65-67-69-71-73-75-77-79-81-83-85-92(95)101-90(89-100-102(96,97)99-87-86-93(3,4)5)88-98-91(94)84-82-80-78-76-74-72-70-68-66-64-62-60-58-56-54-52-50-48-43-41-39-37-35-33-31-29-27-25-23-21-19-17-15-13-11-9-7-2/h8-11,14-17,20-23,26-29,32-35,38-41,44-45,47-50,53-56,59-62,65-68,71,73,90H,6-7,12-13,18-19,24-25,30-31,36-37,42-43,46,51-52,57-58,63-64,69-70,72,74-89H2,1-5H3/b10-8-,11-9-,16-14-,17-15-,22-20-,23-21-,28-26-,29-27-,34-32-,35-33-,40-38-,41-39-,45-44-,49-47-,50-48-,55-53-,56-54-,61-59-,62-60-,67-65-,68-66-,73-71-. The Bertz CT molecular complexity index is 2730. The van der Waals surface area contributed by atoms with Gasteiger partial charge in [0.1, 0.15) is 19.8 Å². The lowest BCUT2D eigenvalue weighted by molar-refractivity contribution is -0.870. The van der Waals surface area contributed by atoms with Crippen molar-refractivity contribution in [1.82, 2.24) is 0 Å². The van der Waals surface area contributed by atoms with E-state index in [0.717, 1.165) is 205 Å². The molecule has 2 unspecified atom stereocenters. The molecule has 0 aromatic heterocycles. The number of esters is 2. The minimum atomic E-state index is -4.68. The monoisotopic (exact) mass is 1420 g/mol. The van der Waals surface area contributed by atoms with Crippen LogP contribution in [0.25, 0.3) is 0 Å². The number of quaternary nitrogens is 1. The third-order valence-electron chi connectivity index (χ3n) is 15.2. The number of carbonyl (C=O) groups excluding carboxylic acids is 2. The zero-order chi connectivity index (χ0) is 74.0. The van der Waals surface area contributed by atoms with Crippen LogP contribution in [-0.4, -0.2) is 70.0 Å². The Balaban J connectivity index is 4.22. The Kier molecular flexibility index (Phi) is 73.3. The van der Waals surface area contributed by atoms with Gasteiger partial charge in [0.05, 0.1) is 27.7 Å². The van der Waals surface area contributed by atoms with Crippen LogP contribution in [0.2, 0.25) is 0 Å². The van der Waals surface area contributed by atoms with Crippen LogP contribution in [0.1, 0.15) is 245 Å². The number of nitrogens with zero attached hydrogens (tertiary/aromatic N) is 1. The highest BCUT2D eigenvalue weighted by Crippen LogP contribution is 2.38. The van der Waals surface area contributed by atoms with Gasteiger partial charge in [-0.1, -0.05) is 320 Å². The summed E-state index contributed by atoms with van der Waals surface area (Å²) in [5, 5.41) is 0. The minimum Gasteiger partial charge on any atom is -0.756 e. The molecule has 566 valence electrons. The summed E-state index contributed by atoms with van der Waals surface area (Å²) in [4.78, 5) is 38.2. The fourth-order valence-corrected chi connectivity index (χ4v) is 10.1. The molecule has 0 aromatic rings. The Labute approximate surface area is 624 Å². The number of carbonyl (C=O) groups is 2. The summed E-state index contributed by atoms with van der Waals surface area (Å²) in [6.07, 6.45) is 130. The van der Waals surface area contributed by atoms with Gasteiger partial charge in [0, 0.05) is 12.8 Å². The van der Waals surface area contributed by atoms with Gasteiger partial charge in [0.15, 0.2) is 6.10 Å². The molecule has 0 N–H and O–H groups in total. The molecule has 0 aliphatic carbocycles. The molecule has 9 nitrogen and oxygen atoms in total. The van der Waals surface area contributed by atoms with E-state index in [4.69, 9.17) is 18.5 Å². The molecule has 0 aliphatic heterocycles. The molecular weight excluding hydrogens is 1280 g/mol. The molecule has 0 saturated heterocycles. The molecule has 0 bridgehead atoms. The summed E-state index contributed by atoms with van der Waals surface area (Å²) in [7, 11) is 1.10. The molecule has 0 rings (SSSR count). The molecule has 0 amide bonds. The van der Waals surface area contributed by atoms with E-state index in [1.807, 2.05) is 21.1 Å². The minimum absolute atomic E-state index is 0.0541. The van der Waals surface area contributed by atoms with Gasteiger partial charge in [-0.3, -0.25) is 14.2 Å². The molecule has 0 spiro atoms. The van der Waals surface area contributed by atoms with Crippen LogP contribution < -0.4 is 4.89 Å². The number of phosphoric acid groups is 1. The number of likely N-dealkylation sites (N-methyl/N-ethyl adjacent to an activating group) is 1. The van der Waals surface area contributed by atoms with Gasteiger partial charge in [-0.05, 0) is 180 Å². The van der Waals surface area contributed by atoms with Crippen molar-refractivity contribution in [2.75, 3.05) is 47.5 Å². The maximum absolute atomic E-state index is 12.9. The van der Waals surface area contributed by atoms with E-state index < -0.39 is 32.5 Å². The molecule has 10 heteroatoms. The average Bonchev–Trinajstić information content (AvgIpc) is 0.916. The van der Waals surface area contributed by atoms with Crippen LogP contribution in [0.5, 0.6) is 0 Å². The van der Waals surface area contributed by atoms with Crippen molar-refractivity contribution in [2.45, 2.75) is 251 Å². The lowest BCUT2D eigenvalue weighted by Crippen LogP contribution is -2.37. The van der Waals surface area contributed by atoms with Crippen LogP contribution in [0.3, 0.4) is 0 Å². The molecule has 0 aromatic carbocycles. The van der Waals surface area contributed by atoms with Crippen LogP contribution in [0.4, 0.5) is 0 Å². The van der Waals surface area contributed by atoms with Gasteiger partial charge in [-0.25, -0.2) is 0 Å². The second-order valence-electron chi connectivity index (χ2n) is 25.9. The molecule has 102 heavy (non-hydrogen) atoms. The second-order valence-corrected chi connectivity index (χ2v) is 27.3. The van der Waals surface area contributed by atoms with Gasteiger partial charge in [0.2, 0.25) is 0 Å². The van der Waals surface area contributed by atoms with Crippen molar-refractivity contribution < 1.29 is 42.1 Å². The van der Waals surface area contributed by atoms with Crippen LogP contribution in [-0.2, 0) is 32.7 Å². The Hall–Kier alpha value is -6.71. The Morgan fingerprint density at radius 3 is 0.784 bits per heavy atom. The molecule has 2 atom stereocenters. The number of unbranched alkanes of at least 4 members (excludes halogenated alkanes) is 10. The summed E-state index contributed by atoms with van der Waals surface area (Å²) < 4.78 is 34.3. The van der Waals surface area contributed by atoms with Crippen molar-refractivity contribution >= 4 is 19.8 Å². The molecule has 0 aliphatic rings. The van der Waals surface area contributed by atoms with Crippen molar-refractivity contribution in [1.29, 1.82) is 0 Å². The topological polar surface area (TPSA) is 111 Å². The molecule has 0 fully saturated rings. The van der Waals surface area contributed by atoms with Gasteiger partial charge in [-0.15, -0.1) is 0 Å². The van der Waals surface area contributed by atoms with E-state index in [9.17, 15) is 19.0 Å². The number of rotatable bonds is 68. The number of hydrogen-bond donors (Lipinski definition) is 0. The average molecular weight is 1420 g/mol. The lowest BCUT2D eigenvalue weighted by Gasteiger charge is -2.28.